The Labute approximate surface area is 82.8 Å². The number of aromatic nitrogens is 1. The molecule has 0 unspecified atom stereocenters. The highest BCUT2D eigenvalue weighted by Gasteiger charge is 2.00. The molecule has 4 heteroatoms. The molecule has 1 atom stereocenters. The van der Waals surface area contributed by atoms with Gasteiger partial charge in [-0.15, -0.1) is 11.3 Å². The fourth-order valence-electron chi connectivity index (χ4n) is 0.997. The first-order valence-corrected chi connectivity index (χ1v) is 5.36. The van der Waals surface area contributed by atoms with Gasteiger partial charge in [0.1, 0.15) is 0 Å². The average molecular weight is 200 g/mol. The maximum Gasteiger partial charge on any atom is 0.0925 e. The van der Waals surface area contributed by atoms with Gasteiger partial charge >= 0.3 is 0 Å². The molecule has 0 aliphatic heterocycles. The van der Waals surface area contributed by atoms with E-state index in [0.29, 0.717) is 6.54 Å². The molecule has 0 aromatic carbocycles. The van der Waals surface area contributed by atoms with Crippen molar-refractivity contribution < 1.29 is 5.11 Å². The summed E-state index contributed by atoms with van der Waals surface area (Å²) < 4.78 is 0. The van der Waals surface area contributed by atoms with Crippen molar-refractivity contribution in [1.82, 2.24) is 10.3 Å². The van der Waals surface area contributed by atoms with Gasteiger partial charge in [0.2, 0.25) is 0 Å². The number of rotatable bonds is 5. The lowest BCUT2D eigenvalue weighted by atomic mass is 10.4. The monoisotopic (exact) mass is 200 g/mol. The number of nitrogens with one attached hydrogen (secondary N) is 1. The first-order chi connectivity index (χ1) is 6.22. The molecule has 0 spiro atoms. The maximum atomic E-state index is 9.01. The molecule has 0 fully saturated rings. The predicted octanol–water partition coefficient (Wildman–Crippen LogP) is 1.18. The minimum absolute atomic E-state index is 0.279. The van der Waals surface area contributed by atoms with E-state index >= 15 is 0 Å². The van der Waals surface area contributed by atoms with Gasteiger partial charge in [-0.25, -0.2) is 4.98 Å². The number of aliphatic hydroxyl groups excluding tert-OH is 1. The van der Waals surface area contributed by atoms with E-state index in [1.807, 2.05) is 6.20 Å². The molecule has 1 aromatic heterocycles. The van der Waals surface area contributed by atoms with Gasteiger partial charge in [-0.1, -0.05) is 6.92 Å². The second-order valence-corrected chi connectivity index (χ2v) is 4.25. The lowest BCUT2D eigenvalue weighted by molar-refractivity contribution is 0.191. The Morgan fingerprint density at radius 3 is 3.00 bits per heavy atom. The molecule has 0 amide bonds. The summed E-state index contributed by atoms with van der Waals surface area (Å²) >= 11 is 1.73. The van der Waals surface area contributed by atoms with Crippen LogP contribution in [0, 0.1) is 0 Å². The van der Waals surface area contributed by atoms with Crippen LogP contribution in [-0.2, 0) is 13.0 Å². The molecule has 2 N–H and O–H groups in total. The fourth-order valence-corrected chi connectivity index (χ4v) is 1.83. The molecule has 13 heavy (non-hydrogen) atoms. The van der Waals surface area contributed by atoms with E-state index in [-0.39, 0.29) is 6.10 Å². The second kappa shape index (κ2) is 5.32. The molecule has 0 saturated heterocycles. The highest BCUT2D eigenvalue weighted by Crippen LogP contribution is 2.12. The predicted molar refractivity (Wildman–Crippen MR) is 54.9 cm³/mol. The van der Waals surface area contributed by atoms with Crippen molar-refractivity contribution in [3.05, 3.63) is 16.1 Å². The zero-order valence-corrected chi connectivity index (χ0v) is 8.90. The third kappa shape index (κ3) is 3.85. The standard InChI is InChI=1S/C9H16N2OS/c1-3-9-11-6-8(13-9)5-10-4-7(2)12/h6-7,10,12H,3-5H2,1-2H3/t7-/m0/s1. The van der Waals surface area contributed by atoms with Crippen LogP contribution in [0.2, 0.25) is 0 Å². The average Bonchev–Trinajstić information content (AvgIpc) is 2.52. The molecule has 1 heterocycles. The van der Waals surface area contributed by atoms with Crippen LogP contribution in [0.3, 0.4) is 0 Å². The zero-order chi connectivity index (χ0) is 9.68. The third-order valence-electron chi connectivity index (χ3n) is 1.64. The third-order valence-corrected chi connectivity index (χ3v) is 2.78. The topological polar surface area (TPSA) is 45.2 Å². The number of thiazole rings is 1. The van der Waals surface area contributed by atoms with E-state index < -0.39 is 0 Å². The molecule has 0 aliphatic carbocycles. The highest BCUT2D eigenvalue weighted by atomic mass is 32.1. The lowest BCUT2D eigenvalue weighted by Crippen LogP contribution is -2.23. The Kier molecular flexibility index (Phi) is 4.35. The van der Waals surface area contributed by atoms with Crippen molar-refractivity contribution in [2.24, 2.45) is 0 Å². The largest absolute Gasteiger partial charge is 0.392 e. The summed E-state index contributed by atoms with van der Waals surface area (Å²) in [6, 6.07) is 0. The number of hydrogen-bond donors (Lipinski definition) is 2. The quantitative estimate of drug-likeness (QED) is 0.750. The van der Waals surface area contributed by atoms with Gasteiger partial charge in [-0.3, -0.25) is 0 Å². The Morgan fingerprint density at radius 2 is 2.46 bits per heavy atom. The molecule has 0 saturated carbocycles. The molecule has 0 radical (unpaired) electrons. The summed E-state index contributed by atoms with van der Waals surface area (Å²) in [5.41, 5.74) is 0. The number of aliphatic hydroxyl groups is 1. The van der Waals surface area contributed by atoms with Crippen LogP contribution < -0.4 is 5.32 Å². The molecule has 74 valence electrons. The molecule has 1 aromatic rings. The summed E-state index contributed by atoms with van der Waals surface area (Å²) in [4.78, 5) is 5.48. The van der Waals surface area contributed by atoms with Crippen LogP contribution in [0.25, 0.3) is 0 Å². The van der Waals surface area contributed by atoms with Crippen LogP contribution in [0.4, 0.5) is 0 Å². The van der Waals surface area contributed by atoms with Gasteiger partial charge in [-0.2, -0.15) is 0 Å². The van der Waals surface area contributed by atoms with Gasteiger partial charge in [0, 0.05) is 24.2 Å². The van der Waals surface area contributed by atoms with Gasteiger partial charge < -0.3 is 10.4 Å². The van der Waals surface area contributed by atoms with E-state index in [9.17, 15) is 0 Å². The maximum absolute atomic E-state index is 9.01. The minimum atomic E-state index is -0.279. The first-order valence-electron chi connectivity index (χ1n) is 4.54. The van der Waals surface area contributed by atoms with Gasteiger partial charge in [0.25, 0.3) is 0 Å². The van der Waals surface area contributed by atoms with Crippen LogP contribution in [0.5, 0.6) is 0 Å². The van der Waals surface area contributed by atoms with E-state index in [1.54, 1.807) is 18.3 Å². The van der Waals surface area contributed by atoms with Crippen LogP contribution in [0.1, 0.15) is 23.7 Å². The van der Waals surface area contributed by atoms with Crippen molar-refractivity contribution >= 4 is 11.3 Å². The Balaban J connectivity index is 2.28. The van der Waals surface area contributed by atoms with Crippen LogP contribution in [-0.4, -0.2) is 22.7 Å². The van der Waals surface area contributed by atoms with Crippen molar-refractivity contribution in [2.75, 3.05) is 6.54 Å². The second-order valence-electron chi connectivity index (χ2n) is 3.05. The summed E-state index contributed by atoms with van der Waals surface area (Å²) in [6.07, 6.45) is 2.62. The summed E-state index contributed by atoms with van der Waals surface area (Å²) in [7, 11) is 0. The van der Waals surface area contributed by atoms with E-state index in [0.717, 1.165) is 13.0 Å². The fraction of sp³-hybridized carbons (Fsp3) is 0.667. The molecule has 0 bridgehead atoms. The SMILES string of the molecule is CCc1ncc(CNC[C@H](C)O)s1. The zero-order valence-electron chi connectivity index (χ0n) is 8.08. The number of hydrogen-bond acceptors (Lipinski definition) is 4. The highest BCUT2D eigenvalue weighted by molar-refractivity contribution is 7.11. The number of aryl methyl sites for hydroxylation is 1. The number of nitrogens with zero attached hydrogens (tertiary/aromatic N) is 1. The van der Waals surface area contributed by atoms with Crippen LogP contribution >= 0.6 is 11.3 Å². The molecular weight excluding hydrogens is 184 g/mol. The molecular formula is C9H16N2OS. The van der Waals surface area contributed by atoms with Crippen molar-refractivity contribution in [2.45, 2.75) is 32.9 Å². The van der Waals surface area contributed by atoms with Gasteiger partial charge in [0.15, 0.2) is 0 Å². The molecule has 0 aliphatic rings. The normalized spacial score (nSPS) is 13.2. The Morgan fingerprint density at radius 1 is 1.69 bits per heavy atom. The van der Waals surface area contributed by atoms with E-state index in [1.165, 1.54) is 9.88 Å². The van der Waals surface area contributed by atoms with Crippen molar-refractivity contribution in [1.29, 1.82) is 0 Å². The smallest absolute Gasteiger partial charge is 0.0925 e. The van der Waals surface area contributed by atoms with Crippen molar-refractivity contribution in [3.63, 3.8) is 0 Å². The van der Waals surface area contributed by atoms with Gasteiger partial charge in [0.05, 0.1) is 11.1 Å². The van der Waals surface area contributed by atoms with Gasteiger partial charge in [-0.05, 0) is 13.3 Å². The van der Waals surface area contributed by atoms with Crippen molar-refractivity contribution in [3.8, 4) is 0 Å². The Bertz CT molecular complexity index is 248. The summed E-state index contributed by atoms with van der Waals surface area (Å²) in [6.45, 7) is 5.32. The minimum Gasteiger partial charge on any atom is -0.392 e. The first kappa shape index (κ1) is 10.6. The van der Waals surface area contributed by atoms with E-state index in [4.69, 9.17) is 5.11 Å². The summed E-state index contributed by atoms with van der Waals surface area (Å²) in [5, 5.41) is 13.3. The molecule has 3 nitrogen and oxygen atoms in total. The Hall–Kier alpha value is -0.450. The van der Waals surface area contributed by atoms with Crippen LogP contribution in [0.15, 0.2) is 6.20 Å². The summed E-state index contributed by atoms with van der Waals surface area (Å²) in [5.74, 6) is 0. The lowest BCUT2D eigenvalue weighted by Gasteiger charge is -2.03. The molecule has 1 rings (SSSR count). The van der Waals surface area contributed by atoms with E-state index in [2.05, 4.69) is 17.2 Å².